The van der Waals surface area contributed by atoms with E-state index in [0.717, 1.165) is 0 Å². The Bertz CT molecular complexity index is 1080. The first-order valence-corrected chi connectivity index (χ1v) is 10.9. The van der Waals surface area contributed by atoms with Gasteiger partial charge in [0.05, 0.1) is 5.92 Å². The lowest BCUT2D eigenvalue weighted by Crippen LogP contribution is -2.22. The zero-order valence-electron chi connectivity index (χ0n) is 19.6. The van der Waals surface area contributed by atoms with E-state index in [1.807, 2.05) is 44.2 Å². The van der Waals surface area contributed by atoms with Crippen molar-refractivity contribution in [3.8, 4) is 17.6 Å². The molecule has 1 aliphatic carbocycles. The minimum Gasteiger partial charge on any atom is -0.457 e. The Labute approximate surface area is 194 Å². The molecule has 0 radical (unpaired) electrons. The van der Waals surface area contributed by atoms with Gasteiger partial charge < -0.3 is 14.2 Å². The summed E-state index contributed by atoms with van der Waals surface area (Å²) >= 11 is 0. The molecule has 6 nitrogen and oxygen atoms in total. The number of carbonyl (C=O) groups is 2. The van der Waals surface area contributed by atoms with E-state index in [1.165, 1.54) is 6.08 Å². The third-order valence-electron chi connectivity index (χ3n) is 5.50. The van der Waals surface area contributed by atoms with Crippen LogP contribution in [0.5, 0.6) is 11.5 Å². The minimum absolute atomic E-state index is 0.176. The highest BCUT2D eigenvalue weighted by Gasteiger charge is 2.61. The number of nitriles is 1. The van der Waals surface area contributed by atoms with Crippen LogP contribution in [0.15, 0.2) is 66.7 Å². The summed E-state index contributed by atoms with van der Waals surface area (Å²) in [4.78, 5) is 24.8. The molecule has 0 heterocycles. The molecule has 0 amide bonds. The Hall–Kier alpha value is -3.59. The van der Waals surface area contributed by atoms with Gasteiger partial charge in [-0.15, -0.1) is 0 Å². The van der Waals surface area contributed by atoms with Crippen LogP contribution < -0.4 is 4.74 Å². The molecule has 0 N–H and O–H groups in total. The zero-order valence-corrected chi connectivity index (χ0v) is 19.6. The van der Waals surface area contributed by atoms with Gasteiger partial charge >= 0.3 is 11.9 Å². The third kappa shape index (κ3) is 6.23. The van der Waals surface area contributed by atoms with Gasteiger partial charge in [0.15, 0.2) is 0 Å². The number of rotatable bonds is 7. The van der Waals surface area contributed by atoms with E-state index in [2.05, 4.69) is 6.07 Å². The third-order valence-corrected chi connectivity index (χ3v) is 5.50. The molecule has 0 saturated heterocycles. The quantitative estimate of drug-likeness (QED) is 0.396. The fourth-order valence-electron chi connectivity index (χ4n) is 3.73. The fourth-order valence-corrected chi connectivity index (χ4v) is 3.73. The first-order chi connectivity index (χ1) is 15.5. The predicted octanol–water partition coefficient (Wildman–Crippen LogP) is 5.76. The molecule has 33 heavy (non-hydrogen) atoms. The van der Waals surface area contributed by atoms with E-state index in [9.17, 15) is 14.9 Å². The van der Waals surface area contributed by atoms with Crippen LogP contribution in [-0.4, -0.2) is 17.5 Å². The van der Waals surface area contributed by atoms with E-state index in [4.69, 9.17) is 14.2 Å². The van der Waals surface area contributed by atoms with Crippen LogP contribution >= 0.6 is 0 Å². The summed E-state index contributed by atoms with van der Waals surface area (Å²) in [7, 11) is 0. The number of esters is 2. The maximum absolute atomic E-state index is 12.9. The number of para-hydroxylation sites is 1. The Kier molecular flexibility index (Phi) is 6.92. The van der Waals surface area contributed by atoms with Crippen molar-refractivity contribution in [1.29, 1.82) is 5.26 Å². The van der Waals surface area contributed by atoms with Crippen LogP contribution in [0.3, 0.4) is 0 Å². The summed E-state index contributed by atoms with van der Waals surface area (Å²) in [6, 6.07) is 18.3. The Morgan fingerprint density at radius 1 is 1.06 bits per heavy atom. The van der Waals surface area contributed by atoms with Crippen molar-refractivity contribution in [3.05, 3.63) is 72.3 Å². The molecule has 1 aliphatic rings. The molecule has 0 aliphatic heterocycles. The number of hydrogen-bond acceptors (Lipinski definition) is 6. The summed E-state index contributed by atoms with van der Waals surface area (Å²) < 4.78 is 16.7. The summed E-state index contributed by atoms with van der Waals surface area (Å²) in [6.45, 7) is 9.24. The number of nitrogens with zero attached hydrogens (tertiary/aromatic N) is 1. The lowest BCUT2D eigenvalue weighted by atomic mass is 10.1. The number of carbonyl (C=O) groups excluding carboxylic acids is 2. The van der Waals surface area contributed by atoms with Gasteiger partial charge in [-0.05, 0) is 56.4 Å². The highest BCUT2D eigenvalue weighted by atomic mass is 16.6. The number of allylic oxidation sites excluding steroid dienone is 1. The average Bonchev–Trinajstić information content (AvgIpc) is 3.30. The van der Waals surface area contributed by atoms with Crippen molar-refractivity contribution < 1.29 is 23.8 Å². The molecule has 0 unspecified atom stereocenters. The van der Waals surface area contributed by atoms with Gasteiger partial charge in [0.2, 0.25) is 6.10 Å². The molecule has 3 rings (SSSR count). The second kappa shape index (κ2) is 9.50. The van der Waals surface area contributed by atoms with Crippen molar-refractivity contribution in [3.63, 3.8) is 0 Å². The van der Waals surface area contributed by atoms with Crippen LogP contribution in [0.2, 0.25) is 0 Å². The van der Waals surface area contributed by atoms with Crippen molar-refractivity contribution in [2.75, 3.05) is 0 Å². The molecule has 0 spiro atoms. The van der Waals surface area contributed by atoms with Gasteiger partial charge in [-0.1, -0.05) is 50.3 Å². The molecule has 6 heteroatoms. The second-order valence-corrected chi connectivity index (χ2v) is 9.65. The maximum atomic E-state index is 12.9. The van der Waals surface area contributed by atoms with Crippen LogP contribution in [0.4, 0.5) is 0 Å². The van der Waals surface area contributed by atoms with Crippen LogP contribution in [0, 0.1) is 28.6 Å². The molecule has 1 saturated carbocycles. The highest BCUT2D eigenvalue weighted by Crippen LogP contribution is 2.59. The van der Waals surface area contributed by atoms with Crippen molar-refractivity contribution in [2.45, 2.75) is 46.3 Å². The van der Waals surface area contributed by atoms with E-state index in [1.54, 1.807) is 51.1 Å². The van der Waals surface area contributed by atoms with Gasteiger partial charge in [-0.25, -0.2) is 4.79 Å². The predicted molar refractivity (Wildman–Crippen MR) is 123 cm³/mol. The van der Waals surface area contributed by atoms with Gasteiger partial charge in [-0.2, -0.15) is 5.26 Å². The molecule has 2 aromatic carbocycles. The van der Waals surface area contributed by atoms with Crippen LogP contribution in [-0.2, 0) is 19.1 Å². The van der Waals surface area contributed by atoms with Crippen LogP contribution in [0.1, 0.15) is 46.3 Å². The lowest BCUT2D eigenvalue weighted by Gasteiger charge is -2.17. The summed E-state index contributed by atoms with van der Waals surface area (Å²) in [5.74, 6) is -0.345. The number of ether oxygens (including phenoxy) is 3. The SMILES string of the molecule is CC(C)(C)OC(=O)/C=C\[C@H]1[C@@H](C(=O)O[C@H](C#N)c2cccc(Oc3ccccc3)c2)C1(C)C. The van der Waals surface area contributed by atoms with Gasteiger partial charge in [-0.3, -0.25) is 4.79 Å². The van der Waals surface area contributed by atoms with Gasteiger partial charge in [0.1, 0.15) is 23.2 Å². The molecule has 1 fully saturated rings. The maximum Gasteiger partial charge on any atom is 0.330 e. The molecule has 2 aromatic rings. The molecule has 172 valence electrons. The number of hydrogen-bond donors (Lipinski definition) is 0. The Balaban J connectivity index is 1.66. The minimum atomic E-state index is -1.07. The summed E-state index contributed by atoms with van der Waals surface area (Å²) in [5, 5.41) is 9.65. The topological polar surface area (TPSA) is 85.6 Å². The Morgan fingerprint density at radius 3 is 2.36 bits per heavy atom. The first-order valence-electron chi connectivity index (χ1n) is 10.9. The molecule has 0 aromatic heterocycles. The summed E-state index contributed by atoms with van der Waals surface area (Å²) in [6.07, 6.45) is 1.98. The van der Waals surface area contributed by atoms with E-state index in [-0.39, 0.29) is 11.3 Å². The lowest BCUT2D eigenvalue weighted by molar-refractivity contribution is -0.150. The second-order valence-electron chi connectivity index (χ2n) is 9.65. The molecular weight excluding hydrogens is 418 g/mol. The molecular formula is C27H29NO5. The van der Waals surface area contributed by atoms with Crippen molar-refractivity contribution in [2.24, 2.45) is 17.3 Å². The largest absolute Gasteiger partial charge is 0.457 e. The van der Waals surface area contributed by atoms with Crippen molar-refractivity contribution in [1.82, 2.24) is 0 Å². The fraction of sp³-hybridized carbons (Fsp3) is 0.370. The van der Waals surface area contributed by atoms with E-state index >= 15 is 0 Å². The van der Waals surface area contributed by atoms with Crippen LogP contribution in [0.25, 0.3) is 0 Å². The van der Waals surface area contributed by atoms with E-state index in [0.29, 0.717) is 17.1 Å². The van der Waals surface area contributed by atoms with E-state index < -0.39 is 29.6 Å². The highest BCUT2D eigenvalue weighted by molar-refractivity contribution is 5.83. The van der Waals surface area contributed by atoms with Gasteiger partial charge in [0.25, 0.3) is 0 Å². The van der Waals surface area contributed by atoms with Gasteiger partial charge in [0, 0.05) is 11.6 Å². The zero-order chi connectivity index (χ0) is 24.2. The standard InChI is InChI=1S/C27H29NO5/c1-26(2,3)33-23(29)15-14-21-24(27(21,4)5)25(30)32-22(17-28)18-10-9-13-20(16-18)31-19-11-7-6-8-12-19/h6-16,21-22,24H,1-5H3/b15-14-/t21-,22+,24-/m0/s1. The Morgan fingerprint density at radius 2 is 1.73 bits per heavy atom. The monoisotopic (exact) mass is 447 g/mol. The molecule has 0 bridgehead atoms. The smallest absolute Gasteiger partial charge is 0.330 e. The van der Waals surface area contributed by atoms with Crippen molar-refractivity contribution >= 4 is 11.9 Å². The summed E-state index contributed by atoms with van der Waals surface area (Å²) in [5.41, 5.74) is -0.440. The normalized spacial score (nSPS) is 19.9. The molecule has 3 atom stereocenters. The average molecular weight is 448 g/mol. The number of benzene rings is 2. The first kappa shape index (κ1) is 24.1.